The number of nitrogens with one attached hydrogen (secondary N) is 1. The van der Waals surface area contributed by atoms with Crippen LogP contribution in [0.1, 0.15) is 39.9 Å². The van der Waals surface area contributed by atoms with Crippen molar-refractivity contribution in [3.63, 3.8) is 0 Å². The largest absolute Gasteiger partial charge is 0.321 e. The van der Waals surface area contributed by atoms with Gasteiger partial charge in [0.25, 0.3) is 5.91 Å². The molecule has 1 amide bonds. The molecule has 1 N–H and O–H groups in total. The second-order valence-corrected chi connectivity index (χ2v) is 7.47. The summed E-state index contributed by atoms with van der Waals surface area (Å²) >= 11 is 1.63. The van der Waals surface area contributed by atoms with E-state index in [0.29, 0.717) is 0 Å². The average Bonchev–Trinajstić information content (AvgIpc) is 3.31. The Bertz CT molecular complexity index is 887. The maximum atomic E-state index is 12.6. The number of fused-ring (bicyclic) bond motifs is 1. The summed E-state index contributed by atoms with van der Waals surface area (Å²) < 4.78 is 1.56. The first-order valence-electron chi connectivity index (χ1n) is 8.49. The third kappa shape index (κ3) is 3.32. The van der Waals surface area contributed by atoms with Crippen LogP contribution in [0.4, 0.5) is 5.69 Å². The van der Waals surface area contributed by atoms with Gasteiger partial charge in [-0.25, -0.2) is 4.68 Å². The minimum atomic E-state index is -0.0543. The van der Waals surface area contributed by atoms with Gasteiger partial charge in [0.15, 0.2) is 0 Å². The van der Waals surface area contributed by atoms with E-state index in [-0.39, 0.29) is 5.91 Å². The van der Waals surface area contributed by atoms with E-state index in [9.17, 15) is 4.79 Å². The number of aryl methyl sites for hydroxylation is 1. The summed E-state index contributed by atoms with van der Waals surface area (Å²) in [7, 11) is 0. The lowest BCUT2D eigenvalue weighted by Crippen LogP contribution is -2.11. The molecule has 7 heteroatoms. The monoisotopic (exact) mass is 353 g/mol. The van der Waals surface area contributed by atoms with Gasteiger partial charge >= 0.3 is 0 Å². The topological polar surface area (TPSA) is 72.7 Å². The molecule has 0 bridgehead atoms. The molecule has 0 saturated carbocycles. The van der Waals surface area contributed by atoms with Crippen LogP contribution in [-0.4, -0.2) is 26.1 Å². The second kappa shape index (κ2) is 6.76. The molecular weight excluding hydrogens is 334 g/mol. The standard InChI is InChI=1S/C18H19N5OS/c1-2-12-6-7-16-13(8-12)9-17(25-16)18(24)20-14-4-3-5-15(10-14)23-11-19-21-22-23/h3-5,9-12H,2,6-8H2,1H3,(H,20,24). The van der Waals surface area contributed by atoms with Crippen LogP contribution in [0.3, 0.4) is 0 Å². The minimum Gasteiger partial charge on any atom is -0.321 e. The second-order valence-electron chi connectivity index (χ2n) is 6.33. The lowest BCUT2D eigenvalue weighted by atomic mass is 9.87. The number of carbonyl (C=O) groups is 1. The number of rotatable bonds is 4. The molecule has 0 saturated heterocycles. The Morgan fingerprint density at radius 3 is 3.12 bits per heavy atom. The SMILES string of the molecule is CCC1CCc2sc(C(=O)Nc3cccc(-n4cnnn4)c3)cc2C1. The van der Waals surface area contributed by atoms with Gasteiger partial charge in [0, 0.05) is 10.6 Å². The van der Waals surface area contributed by atoms with Crippen LogP contribution in [-0.2, 0) is 12.8 Å². The number of hydrogen-bond donors (Lipinski definition) is 1. The molecule has 0 fully saturated rings. The van der Waals surface area contributed by atoms with Crippen LogP contribution >= 0.6 is 11.3 Å². The average molecular weight is 353 g/mol. The smallest absolute Gasteiger partial charge is 0.265 e. The van der Waals surface area contributed by atoms with E-state index < -0.39 is 0 Å². The van der Waals surface area contributed by atoms with Crippen LogP contribution in [0.25, 0.3) is 5.69 Å². The van der Waals surface area contributed by atoms with E-state index in [1.54, 1.807) is 16.0 Å². The van der Waals surface area contributed by atoms with Crippen molar-refractivity contribution in [2.24, 2.45) is 5.92 Å². The van der Waals surface area contributed by atoms with Gasteiger partial charge in [-0.1, -0.05) is 19.4 Å². The Kier molecular flexibility index (Phi) is 4.31. The van der Waals surface area contributed by atoms with E-state index in [4.69, 9.17) is 0 Å². The van der Waals surface area contributed by atoms with Crippen molar-refractivity contribution >= 4 is 22.9 Å². The van der Waals surface area contributed by atoms with Crippen LogP contribution in [0.15, 0.2) is 36.7 Å². The van der Waals surface area contributed by atoms with E-state index in [1.165, 1.54) is 29.6 Å². The quantitative estimate of drug-likeness (QED) is 0.779. The fourth-order valence-corrected chi connectivity index (χ4v) is 4.36. The molecule has 1 aliphatic carbocycles. The number of hydrogen-bond acceptors (Lipinski definition) is 5. The van der Waals surface area contributed by atoms with Crippen molar-refractivity contribution < 1.29 is 4.79 Å². The molecule has 2 heterocycles. The molecule has 1 aromatic carbocycles. The normalized spacial score (nSPS) is 16.4. The number of amides is 1. The number of anilines is 1. The third-order valence-electron chi connectivity index (χ3n) is 4.70. The predicted molar refractivity (Wildman–Crippen MR) is 97.2 cm³/mol. The van der Waals surface area contributed by atoms with Gasteiger partial charge in [0.2, 0.25) is 0 Å². The fraction of sp³-hybridized carbons (Fsp3) is 0.333. The Hall–Kier alpha value is -2.54. The van der Waals surface area contributed by atoms with Gasteiger partial charge < -0.3 is 5.32 Å². The molecule has 6 nitrogen and oxygen atoms in total. The summed E-state index contributed by atoms with van der Waals surface area (Å²) in [6.07, 6.45) is 6.17. The number of nitrogens with zero attached hydrogens (tertiary/aromatic N) is 4. The van der Waals surface area contributed by atoms with Crippen LogP contribution < -0.4 is 5.32 Å². The van der Waals surface area contributed by atoms with Crippen molar-refractivity contribution in [1.29, 1.82) is 0 Å². The first-order valence-corrected chi connectivity index (χ1v) is 9.31. The summed E-state index contributed by atoms with van der Waals surface area (Å²) in [5, 5.41) is 14.1. The maximum absolute atomic E-state index is 12.6. The van der Waals surface area contributed by atoms with Gasteiger partial charge in [0.1, 0.15) is 6.33 Å². The number of tetrazole rings is 1. The van der Waals surface area contributed by atoms with Crippen molar-refractivity contribution in [3.8, 4) is 5.69 Å². The number of thiophene rings is 1. The highest BCUT2D eigenvalue weighted by Crippen LogP contribution is 2.33. The van der Waals surface area contributed by atoms with E-state index >= 15 is 0 Å². The number of carbonyl (C=O) groups excluding carboxylic acids is 1. The van der Waals surface area contributed by atoms with E-state index in [1.807, 2.05) is 24.3 Å². The molecule has 2 aromatic heterocycles. The van der Waals surface area contributed by atoms with Gasteiger partial charge in [-0.05, 0) is 65.4 Å². The Morgan fingerprint density at radius 1 is 1.40 bits per heavy atom. The molecule has 0 aliphatic heterocycles. The molecule has 0 radical (unpaired) electrons. The molecule has 0 spiro atoms. The highest BCUT2D eigenvalue weighted by molar-refractivity contribution is 7.14. The summed E-state index contributed by atoms with van der Waals surface area (Å²) in [5.74, 6) is 0.701. The van der Waals surface area contributed by atoms with Crippen molar-refractivity contribution in [3.05, 3.63) is 52.0 Å². The van der Waals surface area contributed by atoms with E-state index in [2.05, 4.69) is 33.8 Å². The lowest BCUT2D eigenvalue weighted by molar-refractivity contribution is 0.103. The summed E-state index contributed by atoms with van der Waals surface area (Å²) in [6, 6.07) is 9.56. The summed E-state index contributed by atoms with van der Waals surface area (Å²) in [5.41, 5.74) is 2.89. The zero-order valence-electron chi connectivity index (χ0n) is 14.0. The Balaban J connectivity index is 1.51. The molecule has 128 valence electrons. The highest BCUT2D eigenvalue weighted by Gasteiger charge is 2.22. The zero-order valence-corrected chi connectivity index (χ0v) is 14.8. The van der Waals surface area contributed by atoms with Gasteiger partial charge in [0.05, 0.1) is 10.6 Å². The Labute approximate surface area is 149 Å². The minimum absolute atomic E-state index is 0.0543. The van der Waals surface area contributed by atoms with E-state index in [0.717, 1.165) is 35.0 Å². The summed E-state index contributed by atoms with van der Waals surface area (Å²) in [4.78, 5) is 14.8. The third-order valence-corrected chi connectivity index (χ3v) is 5.94. The molecule has 25 heavy (non-hydrogen) atoms. The number of aromatic nitrogens is 4. The van der Waals surface area contributed by atoms with Gasteiger partial charge in [-0.2, -0.15) is 0 Å². The first kappa shape index (κ1) is 16.0. The summed E-state index contributed by atoms with van der Waals surface area (Å²) in [6.45, 7) is 2.24. The predicted octanol–water partition coefficient (Wildman–Crippen LogP) is 3.49. The maximum Gasteiger partial charge on any atom is 0.265 e. The van der Waals surface area contributed by atoms with Crippen LogP contribution in [0.5, 0.6) is 0 Å². The highest BCUT2D eigenvalue weighted by atomic mass is 32.1. The van der Waals surface area contributed by atoms with Crippen molar-refractivity contribution in [1.82, 2.24) is 20.2 Å². The Morgan fingerprint density at radius 2 is 2.32 bits per heavy atom. The van der Waals surface area contributed by atoms with Crippen LogP contribution in [0.2, 0.25) is 0 Å². The molecule has 4 rings (SSSR count). The van der Waals surface area contributed by atoms with Gasteiger partial charge in [-0.3, -0.25) is 4.79 Å². The van der Waals surface area contributed by atoms with Crippen LogP contribution in [0, 0.1) is 5.92 Å². The number of benzene rings is 1. The molecule has 3 aromatic rings. The van der Waals surface area contributed by atoms with Crippen molar-refractivity contribution in [2.75, 3.05) is 5.32 Å². The molecule has 1 atom stereocenters. The molecular formula is C18H19N5OS. The van der Waals surface area contributed by atoms with Gasteiger partial charge in [-0.15, -0.1) is 16.4 Å². The van der Waals surface area contributed by atoms with Crippen molar-refractivity contribution in [2.45, 2.75) is 32.6 Å². The molecule has 1 aliphatic rings. The lowest BCUT2D eigenvalue weighted by Gasteiger charge is -2.19. The fourth-order valence-electron chi connectivity index (χ4n) is 3.26. The molecule has 1 unspecified atom stereocenters. The zero-order chi connectivity index (χ0) is 17.2. The first-order chi connectivity index (χ1) is 12.2.